The summed E-state index contributed by atoms with van der Waals surface area (Å²) in [5, 5.41) is 3.93. The molecule has 0 aliphatic heterocycles. The number of nitrogens with one attached hydrogen (secondary N) is 1. The normalized spacial score (nSPS) is 10.6. The molecule has 0 heterocycles. The number of benzene rings is 3. The molecule has 1 N–H and O–H groups in total. The zero-order chi connectivity index (χ0) is 19.6. The highest BCUT2D eigenvalue weighted by Crippen LogP contribution is 2.18. The zero-order valence-electron chi connectivity index (χ0n) is 15.0. The molecule has 0 aliphatic carbocycles. The van der Waals surface area contributed by atoms with Gasteiger partial charge in [0, 0.05) is 10.0 Å². The van der Waals surface area contributed by atoms with Crippen molar-refractivity contribution in [2.75, 3.05) is 6.61 Å². The first-order valence-corrected chi connectivity index (χ1v) is 9.46. The fourth-order valence-electron chi connectivity index (χ4n) is 2.31. The molecule has 0 saturated carbocycles. The van der Waals surface area contributed by atoms with E-state index in [9.17, 15) is 4.79 Å². The number of amides is 1. The molecule has 0 radical (unpaired) electrons. The third-order valence-corrected chi connectivity index (χ3v) is 4.46. The van der Waals surface area contributed by atoms with E-state index >= 15 is 0 Å². The van der Waals surface area contributed by atoms with Gasteiger partial charge in [-0.3, -0.25) is 4.79 Å². The monoisotopic (exact) mass is 438 g/mol. The maximum absolute atomic E-state index is 11.8. The molecular weight excluding hydrogens is 420 g/mol. The highest BCUT2D eigenvalue weighted by molar-refractivity contribution is 9.10. The van der Waals surface area contributed by atoms with E-state index < -0.39 is 0 Å². The van der Waals surface area contributed by atoms with Crippen LogP contribution >= 0.6 is 15.9 Å². The molecule has 28 heavy (non-hydrogen) atoms. The molecule has 0 aliphatic rings. The van der Waals surface area contributed by atoms with Crippen LogP contribution in [0.1, 0.15) is 11.1 Å². The van der Waals surface area contributed by atoms with Crippen molar-refractivity contribution in [3.05, 3.63) is 94.5 Å². The van der Waals surface area contributed by atoms with Gasteiger partial charge in [-0.15, -0.1) is 0 Å². The lowest BCUT2D eigenvalue weighted by molar-refractivity contribution is -0.123. The molecule has 0 unspecified atom stereocenters. The van der Waals surface area contributed by atoms with Gasteiger partial charge in [0.15, 0.2) is 6.61 Å². The third kappa shape index (κ3) is 6.25. The summed E-state index contributed by atoms with van der Waals surface area (Å²) in [7, 11) is 0. The number of carbonyl (C=O) groups excluding carboxylic acids is 1. The van der Waals surface area contributed by atoms with Gasteiger partial charge in [-0.25, -0.2) is 5.43 Å². The molecule has 3 rings (SSSR count). The van der Waals surface area contributed by atoms with Crippen LogP contribution in [0.2, 0.25) is 0 Å². The van der Waals surface area contributed by atoms with Crippen LogP contribution in [-0.4, -0.2) is 18.7 Å². The first kappa shape index (κ1) is 19.6. The topological polar surface area (TPSA) is 59.9 Å². The minimum absolute atomic E-state index is 0.127. The average molecular weight is 439 g/mol. The van der Waals surface area contributed by atoms with Crippen molar-refractivity contribution in [3.63, 3.8) is 0 Å². The molecule has 0 bridgehead atoms. The fraction of sp³-hybridized carbons (Fsp3) is 0.0909. The molecular formula is C22H19BrN2O3. The Kier molecular flexibility index (Phi) is 7.21. The third-order valence-electron chi connectivity index (χ3n) is 3.74. The van der Waals surface area contributed by atoms with Gasteiger partial charge in [0.25, 0.3) is 5.91 Å². The summed E-state index contributed by atoms with van der Waals surface area (Å²) in [6, 6.07) is 24.7. The molecule has 3 aromatic rings. The molecule has 0 fully saturated rings. The van der Waals surface area contributed by atoms with Gasteiger partial charge >= 0.3 is 0 Å². The van der Waals surface area contributed by atoms with Crippen LogP contribution in [-0.2, 0) is 11.4 Å². The van der Waals surface area contributed by atoms with E-state index in [1.54, 1.807) is 30.5 Å². The van der Waals surface area contributed by atoms with Gasteiger partial charge in [-0.2, -0.15) is 5.10 Å². The first-order chi connectivity index (χ1) is 13.7. The van der Waals surface area contributed by atoms with Crippen molar-refractivity contribution >= 4 is 28.1 Å². The lowest BCUT2D eigenvalue weighted by atomic mass is 10.2. The van der Waals surface area contributed by atoms with E-state index in [0.29, 0.717) is 12.4 Å². The molecule has 1 amide bonds. The number of hydrazone groups is 1. The predicted molar refractivity (Wildman–Crippen MR) is 113 cm³/mol. The van der Waals surface area contributed by atoms with Crippen LogP contribution in [0, 0.1) is 0 Å². The van der Waals surface area contributed by atoms with Crippen molar-refractivity contribution in [2.45, 2.75) is 6.61 Å². The maximum Gasteiger partial charge on any atom is 0.277 e. The Morgan fingerprint density at radius 3 is 2.25 bits per heavy atom. The number of carbonyl (C=O) groups is 1. The molecule has 0 aromatic heterocycles. The highest BCUT2D eigenvalue weighted by atomic mass is 79.9. The van der Waals surface area contributed by atoms with Crippen LogP contribution in [0.4, 0.5) is 0 Å². The second-order valence-corrected chi connectivity index (χ2v) is 6.70. The SMILES string of the molecule is O=C(COc1ccc(OCc2ccccc2)cc1)N/N=C/c1ccccc1Br. The number of nitrogens with zero attached hydrogens (tertiary/aromatic N) is 1. The molecule has 6 heteroatoms. The molecule has 3 aromatic carbocycles. The van der Waals surface area contributed by atoms with Gasteiger partial charge in [0.1, 0.15) is 18.1 Å². The Morgan fingerprint density at radius 2 is 1.54 bits per heavy atom. The zero-order valence-corrected chi connectivity index (χ0v) is 16.6. The van der Waals surface area contributed by atoms with E-state index in [1.807, 2.05) is 54.6 Å². The van der Waals surface area contributed by atoms with Crippen molar-refractivity contribution in [2.24, 2.45) is 5.10 Å². The lowest BCUT2D eigenvalue weighted by Gasteiger charge is -2.08. The predicted octanol–water partition coefficient (Wildman–Crippen LogP) is 4.56. The minimum atomic E-state index is -0.340. The summed E-state index contributed by atoms with van der Waals surface area (Å²) in [6.07, 6.45) is 1.57. The largest absolute Gasteiger partial charge is 0.489 e. The van der Waals surface area contributed by atoms with Crippen molar-refractivity contribution in [3.8, 4) is 11.5 Å². The molecule has 0 spiro atoms. The van der Waals surface area contributed by atoms with Gasteiger partial charge in [-0.1, -0.05) is 64.5 Å². The first-order valence-electron chi connectivity index (χ1n) is 8.67. The quantitative estimate of drug-likeness (QED) is 0.414. The molecule has 0 atom stereocenters. The molecule has 5 nitrogen and oxygen atoms in total. The molecule has 142 valence electrons. The van der Waals surface area contributed by atoms with Gasteiger partial charge in [-0.05, 0) is 35.9 Å². The summed E-state index contributed by atoms with van der Waals surface area (Å²) >= 11 is 3.42. The minimum Gasteiger partial charge on any atom is -0.489 e. The summed E-state index contributed by atoms with van der Waals surface area (Å²) < 4.78 is 12.1. The van der Waals surface area contributed by atoms with Crippen LogP contribution in [0.25, 0.3) is 0 Å². The standard InChI is InChI=1S/C22H19BrN2O3/c23-21-9-5-4-8-18(21)14-24-25-22(26)16-28-20-12-10-19(11-13-20)27-15-17-6-2-1-3-7-17/h1-14H,15-16H2,(H,25,26)/b24-14+. The number of hydrogen-bond donors (Lipinski definition) is 1. The van der Waals surface area contributed by atoms with Gasteiger partial charge < -0.3 is 9.47 Å². The summed E-state index contributed by atoms with van der Waals surface area (Å²) in [5.41, 5.74) is 4.41. The second-order valence-electron chi connectivity index (χ2n) is 5.85. The van der Waals surface area contributed by atoms with Crippen molar-refractivity contribution in [1.82, 2.24) is 5.43 Å². The Hall–Kier alpha value is -3.12. The summed E-state index contributed by atoms with van der Waals surface area (Å²) in [4.78, 5) is 11.8. The number of hydrogen-bond acceptors (Lipinski definition) is 4. The van der Waals surface area contributed by atoms with Crippen LogP contribution in [0.5, 0.6) is 11.5 Å². The molecule has 0 saturated heterocycles. The Bertz CT molecular complexity index is 928. The Morgan fingerprint density at radius 1 is 0.893 bits per heavy atom. The fourth-order valence-corrected chi connectivity index (χ4v) is 2.69. The van der Waals surface area contributed by atoms with E-state index in [-0.39, 0.29) is 12.5 Å². The van der Waals surface area contributed by atoms with Crippen LogP contribution in [0.3, 0.4) is 0 Å². The summed E-state index contributed by atoms with van der Waals surface area (Å²) in [5.74, 6) is 0.975. The van der Waals surface area contributed by atoms with Crippen LogP contribution in [0.15, 0.2) is 88.4 Å². The average Bonchev–Trinajstić information content (AvgIpc) is 2.74. The Balaban J connectivity index is 1.41. The Labute approximate surface area is 172 Å². The number of halogens is 1. The second kappa shape index (κ2) is 10.3. The maximum atomic E-state index is 11.8. The number of rotatable bonds is 8. The smallest absolute Gasteiger partial charge is 0.277 e. The van der Waals surface area contributed by atoms with E-state index in [0.717, 1.165) is 21.3 Å². The number of ether oxygens (including phenoxy) is 2. The lowest BCUT2D eigenvalue weighted by Crippen LogP contribution is -2.24. The van der Waals surface area contributed by atoms with Gasteiger partial charge in [0.2, 0.25) is 0 Å². The van der Waals surface area contributed by atoms with Gasteiger partial charge in [0.05, 0.1) is 6.21 Å². The van der Waals surface area contributed by atoms with Crippen LogP contribution < -0.4 is 14.9 Å². The summed E-state index contributed by atoms with van der Waals surface area (Å²) in [6.45, 7) is 0.372. The van der Waals surface area contributed by atoms with Crippen molar-refractivity contribution in [1.29, 1.82) is 0 Å². The van der Waals surface area contributed by atoms with E-state index in [1.165, 1.54) is 0 Å². The van der Waals surface area contributed by atoms with Crippen molar-refractivity contribution < 1.29 is 14.3 Å². The van der Waals surface area contributed by atoms with E-state index in [4.69, 9.17) is 9.47 Å². The van der Waals surface area contributed by atoms with E-state index in [2.05, 4.69) is 26.5 Å². The highest BCUT2D eigenvalue weighted by Gasteiger charge is 2.03.